The van der Waals surface area contributed by atoms with Crippen molar-refractivity contribution in [3.8, 4) is 0 Å². The number of aromatic nitrogens is 3. The standard InChI is InChI=1S/C13H16N4OS/c1-8-3-4-10-11(5-8)19-13(15-10)16-12(18)9-6-14-17(2)7-9/h6-8H,3-5H2,1-2H3,(H,15,16,18). The van der Waals surface area contributed by atoms with Crippen molar-refractivity contribution in [1.82, 2.24) is 14.8 Å². The fraction of sp³-hybridized carbons (Fsp3) is 0.462. The fourth-order valence-corrected chi connectivity index (χ4v) is 3.47. The van der Waals surface area contributed by atoms with E-state index in [1.165, 1.54) is 11.3 Å². The molecule has 0 aliphatic heterocycles. The number of carbonyl (C=O) groups excluding carboxylic acids is 1. The van der Waals surface area contributed by atoms with E-state index in [0.29, 0.717) is 10.7 Å². The Hall–Kier alpha value is -1.69. The minimum Gasteiger partial charge on any atom is -0.298 e. The number of carbonyl (C=O) groups is 1. The summed E-state index contributed by atoms with van der Waals surface area (Å²) in [5.41, 5.74) is 1.72. The van der Waals surface area contributed by atoms with Gasteiger partial charge >= 0.3 is 0 Å². The van der Waals surface area contributed by atoms with Crippen molar-refractivity contribution in [2.45, 2.75) is 26.2 Å². The topological polar surface area (TPSA) is 59.8 Å². The van der Waals surface area contributed by atoms with E-state index < -0.39 is 0 Å². The monoisotopic (exact) mass is 276 g/mol. The third-order valence-corrected chi connectivity index (χ3v) is 4.41. The molecular formula is C13H16N4OS. The van der Waals surface area contributed by atoms with Gasteiger partial charge in [-0.3, -0.25) is 14.8 Å². The van der Waals surface area contributed by atoms with E-state index in [2.05, 4.69) is 22.3 Å². The summed E-state index contributed by atoms with van der Waals surface area (Å²) >= 11 is 1.60. The van der Waals surface area contributed by atoms with Gasteiger partial charge in [0.05, 0.1) is 17.5 Å². The highest BCUT2D eigenvalue weighted by molar-refractivity contribution is 7.15. The lowest BCUT2D eigenvalue weighted by atomic mass is 9.93. The molecule has 1 aliphatic rings. The number of fused-ring (bicyclic) bond motifs is 1. The first kappa shape index (κ1) is 12.3. The first-order chi connectivity index (χ1) is 9.11. The van der Waals surface area contributed by atoms with Crippen LogP contribution in [0.4, 0.5) is 5.13 Å². The Morgan fingerprint density at radius 3 is 3.16 bits per heavy atom. The lowest BCUT2D eigenvalue weighted by Crippen LogP contribution is -2.11. The van der Waals surface area contributed by atoms with Gasteiger partial charge in [-0.1, -0.05) is 6.92 Å². The zero-order chi connectivity index (χ0) is 13.4. The summed E-state index contributed by atoms with van der Waals surface area (Å²) in [4.78, 5) is 17.8. The average molecular weight is 276 g/mol. The molecule has 1 amide bonds. The van der Waals surface area contributed by atoms with Crippen molar-refractivity contribution in [2.75, 3.05) is 5.32 Å². The van der Waals surface area contributed by atoms with Gasteiger partial charge in [0.25, 0.3) is 5.91 Å². The maximum Gasteiger partial charge on any atom is 0.260 e. The van der Waals surface area contributed by atoms with Crippen molar-refractivity contribution >= 4 is 22.4 Å². The number of hydrogen-bond donors (Lipinski definition) is 1. The molecule has 19 heavy (non-hydrogen) atoms. The van der Waals surface area contributed by atoms with E-state index in [0.717, 1.165) is 24.5 Å². The summed E-state index contributed by atoms with van der Waals surface area (Å²) in [6.07, 6.45) is 6.55. The van der Waals surface area contributed by atoms with Crippen molar-refractivity contribution in [3.05, 3.63) is 28.5 Å². The Morgan fingerprint density at radius 2 is 2.42 bits per heavy atom. The second-order valence-electron chi connectivity index (χ2n) is 5.09. The van der Waals surface area contributed by atoms with E-state index in [-0.39, 0.29) is 5.91 Å². The molecule has 0 bridgehead atoms. The summed E-state index contributed by atoms with van der Waals surface area (Å²) in [6.45, 7) is 2.26. The summed E-state index contributed by atoms with van der Waals surface area (Å²) < 4.78 is 1.61. The average Bonchev–Trinajstić information content (AvgIpc) is 2.94. The van der Waals surface area contributed by atoms with Crippen LogP contribution < -0.4 is 5.32 Å². The highest BCUT2D eigenvalue weighted by Crippen LogP contribution is 2.32. The summed E-state index contributed by atoms with van der Waals surface area (Å²) in [6, 6.07) is 0. The smallest absolute Gasteiger partial charge is 0.260 e. The molecule has 0 aromatic carbocycles. The summed E-state index contributed by atoms with van der Waals surface area (Å²) in [7, 11) is 1.79. The highest BCUT2D eigenvalue weighted by Gasteiger charge is 2.20. The van der Waals surface area contributed by atoms with Crippen LogP contribution in [-0.2, 0) is 19.9 Å². The SMILES string of the molecule is CC1CCc2nc(NC(=O)c3cnn(C)c3)sc2C1. The maximum atomic E-state index is 12.0. The molecule has 1 atom stereocenters. The molecule has 1 unspecified atom stereocenters. The third kappa shape index (κ3) is 2.53. The second-order valence-corrected chi connectivity index (χ2v) is 6.18. The molecule has 2 heterocycles. The van der Waals surface area contributed by atoms with Crippen LogP contribution in [0.25, 0.3) is 0 Å². The summed E-state index contributed by atoms with van der Waals surface area (Å²) in [5, 5.41) is 7.55. The second kappa shape index (κ2) is 4.77. The Morgan fingerprint density at radius 1 is 1.58 bits per heavy atom. The molecule has 2 aromatic heterocycles. The minimum absolute atomic E-state index is 0.146. The Kier molecular flexibility index (Phi) is 3.10. The number of anilines is 1. The summed E-state index contributed by atoms with van der Waals surface area (Å²) in [5.74, 6) is 0.571. The van der Waals surface area contributed by atoms with E-state index >= 15 is 0 Å². The van der Waals surface area contributed by atoms with Crippen LogP contribution in [-0.4, -0.2) is 20.7 Å². The molecule has 0 spiro atoms. The molecule has 2 aromatic rings. The largest absolute Gasteiger partial charge is 0.298 e. The molecule has 0 saturated heterocycles. The predicted octanol–water partition coefficient (Wildman–Crippen LogP) is 2.25. The Bertz CT molecular complexity index is 616. The van der Waals surface area contributed by atoms with Crippen LogP contribution in [0.5, 0.6) is 0 Å². The van der Waals surface area contributed by atoms with Crippen LogP contribution >= 0.6 is 11.3 Å². The van der Waals surface area contributed by atoms with Gasteiger partial charge in [0, 0.05) is 18.1 Å². The number of nitrogens with zero attached hydrogens (tertiary/aromatic N) is 3. The molecule has 3 rings (SSSR count). The minimum atomic E-state index is -0.146. The molecule has 0 fully saturated rings. The number of aryl methyl sites for hydroxylation is 2. The molecule has 1 aliphatic carbocycles. The van der Waals surface area contributed by atoms with Crippen molar-refractivity contribution in [2.24, 2.45) is 13.0 Å². The normalized spacial score (nSPS) is 18.1. The number of rotatable bonds is 2. The van der Waals surface area contributed by atoms with Gasteiger partial charge in [-0.05, 0) is 25.2 Å². The van der Waals surface area contributed by atoms with Gasteiger partial charge in [0.15, 0.2) is 5.13 Å². The zero-order valence-electron chi connectivity index (χ0n) is 11.0. The zero-order valence-corrected chi connectivity index (χ0v) is 11.8. The fourth-order valence-electron chi connectivity index (χ4n) is 2.30. The van der Waals surface area contributed by atoms with E-state index in [1.807, 2.05) is 0 Å². The molecule has 0 saturated carbocycles. The lowest BCUT2D eigenvalue weighted by Gasteiger charge is -2.15. The van der Waals surface area contributed by atoms with Crippen LogP contribution in [0, 0.1) is 5.92 Å². The van der Waals surface area contributed by atoms with Gasteiger partial charge in [-0.25, -0.2) is 4.98 Å². The molecule has 1 N–H and O–H groups in total. The highest BCUT2D eigenvalue weighted by atomic mass is 32.1. The lowest BCUT2D eigenvalue weighted by molar-refractivity contribution is 0.102. The van der Waals surface area contributed by atoms with Crippen LogP contribution in [0.15, 0.2) is 12.4 Å². The Labute approximate surface area is 115 Å². The van der Waals surface area contributed by atoms with Crippen molar-refractivity contribution in [1.29, 1.82) is 0 Å². The van der Waals surface area contributed by atoms with Gasteiger partial charge in [-0.2, -0.15) is 5.10 Å². The van der Waals surface area contributed by atoms with Crippen LogP contribution in [0.3, 0.4) is 0 Å². The number of thiazole rings is 1. The van der Waals surface area contributed by atoms with Crippen molar-refractivity contribution in [3.63, 3.8) is 0 Å². The van der Waals surface area contributed by atoms with Gasteiger partial charge < -0.3 is 0 Å². The first-order valence-corrected chi connectivity index (χ1v) is 7.22. The molecular weight excluding hydrogens is 260 g/mol. The number of amides is 1. The van der Waals surface area contributed by atoms with Gasteiger partial charge in [0.1, 0.15) is 0 Å². The molecule has 5 nitrogen and oxygen atoms in total. The Balaban J connectivity index is 1.75. The quantitative estimate of drug-likeness (QED) is 0.915. The van der Waals surface area contributed by atoms with Gasteiger partial charge in [-0.15, -0.1) is 11.3 Å². The van der Waals surface area contributed by atoms with Gasteiger partial charge in [0.2, 0.25) is 0 Å². The number of hydrogen-bond acceptors (Lipinski definition) is 4. The van der Waals surface area contributed by atoms with Crippen molar-refractivity contribution < 1.29 is 4.79 Å². The maximum absolute atomic E-state index is 12.0. The first-order valence-electron chi connectivity index (χ1n) is 6.40. The van der Waals surface area contributed by atoms with E-state index in [4.69, 9.17) is 0 Å². The number of nitrogens with one attached hydrogen (secondary N) is 1. The van der Waals surface area contributed by atoms with E-state index in [1.54, 1.807) is 35.5 Å². The third-order valence-electron chi connectivity index (χ3n) is 3.37. The molecule has 100 valence electrons. The molecule has 0 radical (unpaired) electrons. The van der Waals surface area contributed by atoms with E-state index in [9.17, 15) is 4.79 Å². The van der Waals surface area contributed by atoms with Crippen LogP contribution in [0.1, 0.15) is 34.3 Å². The van der Waals surface area contributed by atoms with Crippen LogP contribution in [0.2, 0.25) is 0 Å². The molecule has 6 heteroatoms. The predicted molar refractivity (Wildman–Crippen MR) is 74.5 cm³/mol.